The standard InChI is InChI=1S/C23H26FN7O4Si/c1-34-23(33)29-16-5-3-13(4-6-16)18-11-31-20-17(10-28-31)21(32)27-12-36(2)35-22-14(7-15(24)9-26-22)8-25-19(18)30-20/h3,7,9-11,16,36H,4-6,8,12H2,1-2H3,(H,25,30)(H,27,32)(H,29,33)/t16?,36-/m0/s1. The lowest BCUT2D eigenvalue weighted by atomic mass is 9.91. The molecule has 1 unspecified atom stereocenters. The molecule has 11 nitrogen and oxygen atoms in total. The van der Waals surface area contributed by atoms with Crippen molar-refractivity contribution in [2.45, 2.75) is 38.4 Å². The van der Waals surface area contributed by atoms with Gasteiger partial charge in [0.1, 0.15) is 17.2 Å². The Hall–Kier alpha value is -4.00. The van der Waals surface area contributed by atoms with Gasteiger partial charge in [0.2, 0.25) is 5.88 Å². The van der Waals surface area contributed by atoms with Crippen molar-refractivity contribution in [1.29, 1.82) is 0 Å². The highest BCUT2D eigenvalue weighted by molar-refractivity contribution is 6.51. The van der Waals surface area contributed by atoms with Crippen LogP contribution in [0.3, 0.4) is 0 Å². The number of nitrogens with one attached hydrogen (secondary N) is 3. The van der Waals surface area contributed by atoms with E-state index in [-0.39, 0.29) is 18.5 Å². The number of halogens is 1. The number of hydrogen-bond donors (Lipinski definition) is 3. The van der Waals surface area contributed by atoms with Crippen molar-refractivity contribution in [2.75, 3.05) is 18.6 Å². The molecule has 5 rings (SSSR count). The zero-order valence-corrected chi connectivity index (χ0v) is 21.0. The summed E-state index contributed by atoms with van der Waals surface area (Å²) >= 11 is 0. The highest BCUT2D eigenvalue weighted by atomic mass is 28.3. The van der Waals surface area contributed by atoms with Crippen LogP contribution in [0.1, 0.15) is 40.7 Å². The molecule has 3 aromatic heterocycles. The normalized spacial score (nSPS) is 20.0. The Morgan fingerprint density at radius 3 is 2.97 bits per heavy atom. The molecule has 2 bridgehead atoms. The van der Waals surface area contributed by atoms with E-state index in [2.05, 4.69) is 32.1 Å². The Morgan fingerprint density at radius 1 is 1.33 bits per heavy atom. The fourth-order valence-electron chi connectivity index (χ4n) is 4.32. The summed E-state index contributed by atoms with van der Waals surface area (Å²) in [4.78, 5) is 33.4. The first kappa shape index (κ1) is 23.7. The average Bonchev–Trinajstić information content (AvgIpc) is 3.29. The molecule has 2 amide bonds. The van der Waals surface area contributed by atoms with E-state index in [1.807, 2.05) is 12.7 Å². The van der Waals surface area contributed by atoms with Gasteiger partial charge in [0.25, 0.3) is 14.9 Å². The van der Waals surface area contributed by atoms with Crippen LogP contribution in [0.5, 0.6) is 5.88 Å². The maximum atomic E-state index is 14.0. The molecule has 3 aromatic rings. The molecular weight excluding hydrogens is 485 g/mol. The highest BCUT2D eigenvalue weighted by Crippen LogP contribution is 2.32. The van der Waals surface area contributed by atoms with Gasteiger partial charge in [-0.05, 0) is 37.4 Å². The number of allylic oxidation sites excluding steroid dienone is 1. The second-order valence-corrected chi connectivity index (χ2v) is 11.0. The summed E-state index contributed by atoms with van der Waals surface area (Å²) in [5, 5.41) is 13.4. The molecule has 1 aliphatic heterocycles. The molecule has 0 fully saturated rings. The van der Waals surface area contributed by atoms with E-state index in [9.17, 15) is 14.0 Å². The van der Waals surface area contributed by atoms with Crippen LogP contribution in [0.4, 0.5) is 15.0 Å². The molecule has 36 heavy (non-hydrogen) atoms. The molecule has 0 aromatic carbocycles. The molecule has 2 aliphatic rings. The minimum absolute atomic E-state index is 0.0276. The first-order chi connectivity index (χ1) is 17.4. The summed E-state index contributed by atoms with van der Waals surface area (Å²) in [6.07, 6.45) is 8.44. The van der Waals surface area contributed by atoms with Crippen molar-refractivity contribution in [3.63, 3.8) is 0 Å². The summed E-state index contributed by atoms with van der Waals surface area (Å²) in [6, 6.07) is 1.36. The summed E-state index contributed by atoms with van der Waals surface area (Å²) < 4.78 is 26.4. The van der Waals surface area contributed by atoms with Crippen molar-refractivity contribution in [1.82, 2.24) is 30.2 Å². The van der Waals surface area contributed by atoms with E-state index in [4.69, 9.17) is 14.1 Å². The summed E-state index contributed by atoms with van der Waals surface area (Å²) in [5.41, 5.74) is 3.15. The number of nitrogens with zero attached hydrogens (tertiary/aromatic N) is 4. The number of hydrogen-bond acceptors (Lipinski definition) is 8. The molecule has 13 heteroatoms. The molecule has 0 saturated carbocycles. The smallest absolute Gasteiger partial charge is 0.407 e. The first-order valence-corrected chi connectivity index (χ1v) is 14.1. The van der Waals surface area contributed by atoms with E-state index in [0.29, 0.717) is 47.5 Å². The number of amides is 2. The van der Waals surface area contributed by atoms with Crippen LogP contribution < -0.4 is 20.4 Å². The SMILES string of the molecule is COC(=O)NC1CC=C(c2cn3ncc4c3nc2NCc2cc(F)cnc2O[Si@@H](C)CNC4=O)CC1. The van der Waals surface area contributed by atoms with Crippen LogP contribution in [0.2, 0.25) is 6.55 Å². The van der Waals surface area contributed by atoms with E-state index in [1.54, 1.807) is 4.52 Å². The molecule has 0 saturated heterocycles. The summed E-state index contributed by atoms with van der Waals surface area (Å²) in [7, 11) is -0.552. The second-order valence-electron chi connectivity index (χ2n) is 8.78. The van der Waals surface area contributed by atoms with Gasteiger partial charge in [0, 0.05) is 36.1 Å². The van der Waals surface area contributed by atoms with E-state index >= 15 is 0 Å². The molecule has 0 radical (unpaired) electrons. The molecule has 1 aliphatic carbocycles. The van der Waals surface area contributed by atoms with E-state index in [0.717, 1.165) is 23.8 Å². The van der Waals surface area contributed by atoms with Crippen molar-refractivity contribution < 1.29 is 23.1 Å². The van der Waals surface area contributed by atoms with Crippen LogP contribution in [-0.4, -0.2) is 59.9 Å². The third kappa shape index (κ3) is 4.87. The van der Waals surface area contributed by atoms with Crippen molar-refractivity contribution >= 4 is 38.1 Å². The van der Waals surface area contributed by atoms with Crippen LogP contribution in [-0.2, 0) is 11.3 Å². The second kappa shape index (κ2) is 9.93. The predicted molar refractivity (Wildman–Crippen MR) is 132 cm³/mol. The Balaban J connectivity index is 1.54. The van der Waals surface area contributed by atoms with Gasteiger partial charge in [-0.3, -0.25) is 4.79 Å². The van der Waals surface area contributed by atoms with Crippen LogP contribution in [0, 0.1) is 5.82 Å². The summed E-state index contributed by atoms with van der Waals surface area (Å²) in [5.74, 6) is 0.115. The van der Waals surface area contributed by atoms with Crippen LogP contribution >= 0.6 is 0 Å². The minimum Gasteiger partial charge on any atom is -0.532 e. The van der Waals surface area contributed by atoms with E-state index < -0.39 is 21.0 Å². The zero-order valence-electron chi connectivity index (χ0n) is 19.9. The summed E-state index contributed by atoms with van der Waals surface area (Å²) in [6.45, 7) is 2.16. The number of methoxy groups -OCH3 is 1. The van der Waals surface area contributed by atoms with Gasteiger partial charge >= 0.3 is 6.09 Å². The fraction of sp³-hybridized carbons (Fsp3) is 0.348. The largest absolute Gasteiger partial charge is 0.532 e. The van der Waals surface area contributed by atoms with Gasteiger partial charge in [-0.2, -0.15) is 5.10 Å². The number of ether oxygens (including phenoxy) is 1. The number of carbonyl (C=O) groups excluding carboxylic acids is 2. The third-order valence-electron chi connectivity index (χ3n) is 6.20. The molecule has 4 heterocycles. The Kier molecular flexibility index (Phi) is 6.54. The lowest BCUT2D eigenvalue weighted by Crippen LogP contribution is -2.37. The number of anilines is 1. The quantitative estimate of drug-likeness (QED) is 0.446. The Morgan fingerprint density at radius 2 is 2.19 bits per heavy atom. The first-order valence-electron chi connectivity index (χ1n) is 11.7. The maximum Gasteiger partial charge on any atom is 0.407 e. The average molecular weight is 512 g/mol. The Bertz CT molecular complexity index is 1360. The zero-order chi connectivity index (χ0) is 25.2. The van der Waals surface area contributed by atoms with Crippen molar-refractivity contribution in [3.05, 3.63) is 53.2 Å². The number of aromatic nitrogens is 4. The van der Waals surface area contributed by atoms with Crippen LogP contribution in [0.15, 0.2) is 30.7 Å². The number of rotatable bonds is 2. The highest BCUT2D eigenvalue weighted by Gasteiger charge is 2.24. The number of alkyl carbamates (subject to hydrolysis) is 1. The van der Waals surface area contributed by atoms with Crippen LogP contribution in [0.25, 0.3) is 11.2 Å². The fourth-order valence-corrected chi connectivity index (χ4v) is 5.47. The third-order valence-corrected chi connectivity index (χ3v) is 7.61. The number of pyridine rings is 1. The van der Waals surface area contributed by atoms with Crippen molar-refractivity contribution in [2.24, 2.45) is 0 Å². The lowest BCUT2D eigenvalue weighted by Gasteiger charge is -2.24. The molecule has 3 N–H and O–H groups in total. The number of carbonyl (C=O) groups is 2. The molecule has 188 valence electrons. The van der Waals surface area contributed by atoms with Gasteiger partial charge in [-0.15, -0.1) is 0 Å². The lowest BCUT2D eigenvalue weighted by molar-refractivity contribution is 0.0960. The minimum atomic E-state index is -1.89. The molecular formula is C23H26FN7O4Si. The van der Waals surface area contributed by atoms with Gasteiger partial charge < -0.3 is 25.1 Å². The van der Waals surface area contributed by atoms with E-state index in [1.165, 1.54) is 19.4 Å². The van der Waals surface area contributed by atoms with Gasteiger partial charge in [-0.1, -0.05) is 6.08 Å². The van der Waals surface area contributed by atoms with Crippen molar-refractivity contribution in [3.8, 4) is 5.88 Å². The van der Waals surface area contributed by atoms with Gasteiger partial charge in [0.05, 0.1) is 19.5 Å². The monoisotopic (exact) mass is 511 g/mol. The van der Waals surface area contributed by atoms with Gasteiger partial charge in [-0.25, -0.2) is 23.7 Å². The topological polar surface area (TPSA) is 132 Å². The number of fused-ring (bicyclic) bond motifs is 2. The Labute approximate surface area is 207 Å². The maximum absolute atomic E-state index is 14.0. The molecule has 2 atom stereocenters. The molecule has 0 spiro atoms. The predicted octanol–water partition coefficient (Wildman–Crippen LogP) is 2.18. The van der Waals surface area contributed by atoms with Gasteiger partial charge in [0.15, 0.2) is 5.65 Å².